The summed E-state index contributed by atoms with van der Waals surface area (Å²) >= 11 is 0. The maximum absolute atomic E-state index is 5.39. The van der Waals surface area contributed by atoms with Gasteiger partial charge in [-0.2, -0.15) is 5.10 Å². The molecule has 4 nitrogen and oxygen atoms in total. The molecule has 0 unspecified atom stereocenters. The van der Waals surface area contributed by atoms with Crippen molar-refractivity contribution in [1.82, 2.24) is 0 Å². The van der Waals surface area contributed by atoms with Crippen LogP contribution in [0.1, 0.15) is 16.7 Å². The average molecular weight is 344 g/mol. The Kier molecular flexibility index (Phi) is 5.78. The summed E-state index contributed by atoms with van der Waals surface area (Å²) in [6, 6.07) is 25.6. The van der Waals surface area contributed by atoms with Crippen molar-refractivity contribution in [2.75, 3.05) is 14.2 Å². The largest absolute Gasteiger partial charge is 0.497 e. The predicted molar refractivity (Wildman–Crippen MR) is 106 cm³/mol. The summed E-state index contributed by atoms with van der Waals surface area (Å²) < 4.78 is 10.6. The third-order valence-electron chi connectivity index (χ3n) is 3.89. The van der Waals surface area contributed by atoms with Crippen molar-refractivity contribution >= 4 is 11.9 Å². The number of nitrogens with zero attached hydrogens (tertiary/aromatic N) is 2. The van der Waals surface area contributed by atoms with Gasteiger partial charge in [0.25, 0.3) is 0 Å². The predicted octanol–water partition coefficient (Wildman–Crippen LogP) is 4.58. The van der Waals surface area contributed by atoms with Crippen LogP contribution in [-0.2, 0) is 0 Å². The second-order valence-corrected chi connectivity index (χ2v) is 5.53. The van der Waals surface area contributed by atoms with Gasteiger partial charge in [0.05, 0.1) is 20.4 Å². The van der Waals surface area contributed by atoms with Crippen molar-refractivity contribution in [2.24, 2.45) is 10.2 Å². The average Bonchev–Trinajstić information content (AvgIpc) is 2.72. The van der Waals surface area contributed by atoms with E-state index < -0.39 is 0 Å². The van der Waals surface area contributed by atoms with E-state index in [0.717, 1.165) is 28.2 Å². The van der Waals surface area contributed by atoms with Gasteiger partial charge in [0.15, 0.2) is 0 Å². The Morgan fingerprint density at radius 3 is 1.92 bits per heavy atom. The van der Waals surface area contributed by atoms with Gasteiger partial charge in [0, 0.05) is 22.8 Å². The lowest BCUT2D eigenvalue weighted by atomic mass is 10.0. The lowest BCUT2D eigenvalue weighted by Crippen LogP contribution is -2.02. The van der Waals surface area contributed by atoms with E-state index in [1.54, 1.807) is 20.4 Å². The highest BCUT2D eigenvalue weighted by Gasteiger charge is 2.06. The molecule has 130 valence electrons. The summed E-state index contributed by atoms with van der Waals surface area (Å²) in [5, 5.41) is 8.78. The van der Waals surface area contributed by atoms with Crippen LogP contribution in [0, 0.1) is 0 Å². The van der Waals surface area contributed by atoms with Crippen LogP contribution in [0.5, 0.6) is 11.5 Å². The van der Waals surface area contributed by atoms with E-state index >= 15 is 0 Å². The first-order chi connectivity index (χ1) is 12.8. The van der Waals surface area contributed by atoms with Crippen molar-refractivity contribution < 1.29 is 9.47 Å². The number of hydrogen-bond acceptors (Lipinski definition) is 4. The maximum Gasteiger partial charge on any atom is 0.131 e. The van der Waals surface area contributed by atoms with E-state index in [4.69, 9.17) is 9.47 Å². The molecule has 0 aliphatic rings. The molecule has 0 saturated carbocycles. The molecule has 0 aliphatic carbocycles. The van der Waals surface area contributed by atoms with Gasteiger partial charge in [-0.25, -0.2) is 0 Å². The van der Waals surface area contributed by atoms with Crippen LogP contribution in [-0.4, -0.2) is 26.1 Å². The molecule has 26 heavy (non-hydrogen) atoms. The zero-order chi connectivity index (χ0) is 18.2. The van der Waals surface area contributed by atoms with E-state index in [1.807, 2.05) is 78.9 Å². The summed E-state index contributed by atoms with van der Waals surface area (Å²) in [6.07, 6.45) is 1.68. The van der Waals surface area contributed by atoms with E-state index in [2.05, 4.69) is 10.2 Å². The molecule has 0 fully saturated rings. The van der Waals surface area contributed by atoms with Gasteiger partial charge in [-0.1, -0.05) is 60.7 Å². The molecule has 0 amide bonds. The second-order valence-electron chi connectivity index (χ2n) is 5.53. The van der Waals surface area contributed by atoms with Gasteiger partial charge in [0.2, 0.25) is 0 Å². The van der Waals surface area contributed by atoms with Crippen LogP contribution in [0.3, 0.4) is 0 Å². The molecular formula is C22H20N2O2. The van der Waals surface area contributed by atoms with Crippen molar-refractivity contribution in [2.45, 2.75) is 0 Å². The van der Waals surface area contributed by atoms with E-state index in [9.17, 15) is 0 Å². The standard InChI is InChI=1S/C22H20N2O2/c1-25-20-14-13-19(21(15-20)26-2)16-23-24-22(17-9-5-3-6-10-17)18-11-7-4-8-12-18/h3-16H,1-2H3. The lowest BCUT2D eigenvalue weighted by Gasteiger charge is -2.07. The number of ether oxygens (including phenoxy) is 2. The van der Waals surface area contributed by atoms with Gasteiger partial charge in [0.1, 0.15) is 17.2 Å². The molecule has 0 spiro atoms. The summed E-state index contributed by atoms with van der Waals surface area (Å²) in [5.41, 5.74) is 3.67. The fourth-order valence-electron chi connectivity index (χ4n) is 2.55. The van der Waals surface area contributed by atoms with Gasteiger partial charge in [-0.15, -0.1) is 5.10 Å². The van der Waals surface area contributed by atoms with Crippen molar-refractivity contribution in [3.8, 4) is 11.5 Å². The fraction of sp³-hybridized carbons (Fsp3) is 0.0909. The third kappa shape index (κ3) is 4.16. The Morgan fingerprint density at radius 2 is 1.38 bits per heavy atom. The molecule has 0 bridgehead atoms. The number of benzene rings is 3. The first kappa shape index (κ1) is 17.4. The fourth-order valence-corrected chi connectivity index (χ4v) is 2.55. The van der Waals surface area contributed by atoms with Crippen LogP contribution >= 0.6 is 0 Å². The van der Waals surface area contributed by atoms with Gasteiger partial charge >= 0.3 is 0 Å². The highest BCUT2D eigenvalue weighted by atomic mass is 16.5. The monoisotopic (exact) mass is 344 g/mol. The van der Waals surface area contributed by atoms with Crippen molar-refractivity contribution in [3.05, 3.63) is 95.6 Å². The first-order valence-corrected chi connectivity index (χ1v) is 8.25. The van der Waals surface area contributed by atoms with Crippen LogP contribution in [0.25, 0.3) is 0 Å². The molecule has 3 aromatic carbocycles. The number of methoxy groups -OCH3 is 2. The summed E-state index contributed by atoms with van der Waals surface area (Å²) in [4.78, 5) is 0. The lowest BCUT2D eigenvalue weighted by molar-refractivity contribution is 0.394. The summed E-state index contributed by atoms with van der Waals surface area (Å²) in [6.45, 7) is 0. The molecule has 0 heterocycles. The van der Waals surface area contributed by atoms with Gasteiger partial charge in [-0.3, -0.25) is 0 Å². The van der Waals surface area contributed by atoms with Crippen LogP contribution in [0.4, 0.5) is 0 Å². The third-order valence-corrected chi connectivity index (χ3v) is 3.89. The van der Waals surface area contributed by atoms with Crippen LogP contribution in [0.2, 0.25) is 0 Å². The van der Waals surface area contributed by atoms with E-state index in [1.165, 1.54) is 0 Å². The Bertz CT molecular complexity index is 862. The van der Waals surface area contributed by atoms with E-state index in [-0.39, 0.29) is 0 Å². The number of rotatable bonds is 6. The SMILES string of the molecule is COc1ccc(C=NN=C(c2ccccc2)c2ccccc2)c(OC)c1. The molecule has 0 atom stereocenters. The smallest absolute Gasteiger partial charge is 0.131 e. The Morgan fingerprint density at radius 1 is 0.769 bits per heavy atom. The molecule has 3 aromatic rings. The molecule has 0 aliphatic heterocycles. The summed E-state index contributed by atoms with van der Waals surface area (Å²) in [5.74, 6) is 1.42. The minimum absolute atomic E-state index is 0.685. The highest BCUT2D eigenvalue weighted by Crippen LogP contribution is 2.23. The molecule has 0 saturated heterocycles. The molecule has 0 aromatic heterocycles. The van der Waals surface area contributed by atoms with Gasteiger partial charge < -0.3 is 9.47 Å². The second kappa shape index (κ2) is 8.62. The number of hydrogen-bond donors (Lipinski definition) is 0. The Balaban J connectivity index is 1.96. The van der Waals surface area contributed by atoms with Gasteiger partial charge in [-0.05, 0) is 12.1 Å². The minimum Gasteiger partial charge on any atom is -0.497 e. The summed E-state index contributed by atoms with van der Waals surface area (Å²) in [7, 11) is 3.24. The maximum atomic E-state index is 5.39. The van der Waals surface area contributed by atoms with Crippen LogP contribution in [0.15, 0.2) is 89.1 Å². The quantitative estimate of drug-likeness (QED) is 0.485. The van der Waals surface area contributed by atoms with Crippen LogP contribution < -0.4 is 9.47 Å². The normalized spacial score (nSPS) is 10.5. The topological polar surface area (TPSA) is 43.2 Å². The van der Waals surface area contributed by atoms with Crippen molar-refractivity contribution in [1.29, 1.82) is 0 Å². The minimum atomic E-state index is 0.685. The Labute approximate surface area is 153 Å². The highest BCUT2D eigenvalue weighted by molar-refractivity contribution is 6.13. The molecular weight excluding hydrogens is 324 g/mol. The molecule has 0 radical (unpaired) electrons. The molecule has 3 rings (SSSR count). The Hall–Kier alpha value is -3.40. The van der Waals surface area contributed by atoms with E-state index in [0.29, 0.717) is 5.75 Å². The molecule has 0 N–H and O–H groups in total. The zero-order valence-corrected chi connectivity index (χ0v) is 14.8. The zero-order valence-electron chi connectivity index (χ0n) is 14.8. The molecule has 4 heteroatoms. The van der Waals surface area contributed by atoms with Crippen molar-refractivity contribution in [3.63, 3.8) is 0 Å². The first-order valence-electron chi connectivity index (χ1n) is 8.25.